The molecule has 3 aromatic rings. The van der Waals surface area contributed by atoms with Crippen LogP contribution in [0.3, 0.4) is 0 Å². The molecule has 1 amide bonds. The molecule has 2 aromatic carbocycles. The van der Waals surface area contributed by atoms with Gasteiger partial charge in [0.05, 0.1) is 12.6 Å². The van der Waals surface area contributed by atoms with Gasteiger partial charge in [-0.1, -0.05) is 18.2 Å². The van der Waals surface area contributed by atoms with Gasteiger partial charge in [-0.25, -0.2) is 4.79 Å². The molecule has 0 atom stereocenters. The SMILES string of the molecule is COc1cc(-c2ccc3n[nH]c(I)c3c2)ccc1CN(C)C1CCN(C(=O)OC(C)(C)C)CC1. The largest absolute Gasteiger partial charge is 0.496 e. The molecule has 1 aliphatic heterocycles. The van der Waals surface area contributed by atoms with Crippen LogP contribution in [-0.4, -0.2) is 65.0 Å². The van der Waals surface area contributed by atoms with E-state index in [1.807, 2.05) is 31.7 Å². The van der Waals surface area contributed by atoms with Crippen LogP contribution in [0.2, 0.25) is 0 Å². The van der Waals surface area contributed by atoms with E-state index in [4.69, 9.17) is 9.47 Å². The summed E-state index contributed by atoms with van der Waals surface area (Å²) in [6, 6.07) is 13.1. The predicted octanol–water partition coefficient (Wildman–Crippen LogP) is 5.67. The molecule has 1 saturated heterocycles. The maximum absolute atomic E-state index is 12.4. The Kier molecular flexibility index (Phi) is 7.37. The molecule has 1 aliphatic rings. The van der Waals surface area contributed by atoms with Crippen LogP contribution in [0.15, 0.2) is 36.4 Å². The topological polar surface area (TPSA) is 70.7 Å². The lowest BCUT2D eigenvalue weighted by Crippen LogP contribution is -2.46. The summed E-state index contributed by atoms with van der Waals surface area (Å²) in [5.41, 5.74) is 3.92. The third kappa shape index (κ3) is 5.66. The van der Waals surface area contributed by atoms with Crippen molar-refractivity contribution in [2.75, 3.05) is 27.2 Å². The van der Waals surface area contributed by atoms with Crippen LogP contribution in [0.25, 0.3) is 22.0 Å². The number of H-pyrrole nitrogens is 1. The number of ether oxygens (including phenoxy) is 2. The first-order valence-electron chi connectivity index (χ1n) is 11.6. The quantitative estimate of drug-likeness (QED) is 0.397. The van der Waals surface area contributed by atoms with E-state index in [1.165, 1.54) is 0 Å². The average Bonchev–Trinajstić information content (AvgIpc) is 3.18. The fourth-order valence-corrected chi connectivity index (χ4v) is 4.98. The second-order valence-electron chi connectivity index (χ2n) is 9.91. The first kappa shape index (κ1) is 24.8. The number of likely N-dealkylation sites (tertiary alicyclic amines) is 1. The molecule has 0 unspecified atom stereocenters. The number of fused-ring (bicyclic) bond motifs is 1. The number of nitrogens with zero attached hydrogens (tertiary/aromatic N) is 3. The second kappa shape index (κ2) is 10.1. The van der Waals surface area contributed by atoms with E-state index in [1.54, 1.807) is 7.11 Å². The fourth-order valence-electron chi connectivity index (χ4n) is 4.43. The lowest BCUT2D eigenvalue weighted by molar-refractivity contribution is 0.0153. The third-order valence-electron chi connectivity index (χ3n) is 6.29. The van der Waals surface area contributed by atoms with Gasteiger partial charge in [-0.15, -0.1) is 0 Å². The maximum atomic E-state index is 12.4. The second-order valence-corrected chi connectivity index (χ2v) is 11.0. The molecule has 0 spiro atoms. The van der Waals surface area contributed by atoms with Crippen LogP contribution < -0.4 is 4.74 Å². The molecule has 7 nitrogen and oxygen atoms in total. The zero-order valence-electron chi connectivity index (χ0n) is 20.5. The Bertz CT molecular complexity index is 1160. The number of rotatable bonds is 5. The van der Waals surface area contributed by atoms with Crippen molar-refractivity contribution in [2.24, 2.45) is 0 Å². The van der Waals surface area contributed by atoms with E-state index in [0.717, 1.165) is 69.5 Å². The molecular weight excluding hydrogens is 543 g/mol. The number of aromatic nitrogens is 2. The molecule has 0 bridgehead atoms. The Morgan fingerprint density at radius 2 is 1.85 bits per heavy atom. The molecule has 1 fully saturated rings. The van der Waals surface area contributed by atoms with Gasteiger partial charge < -0.3 is 14.4 Å². The summed E-state index contributed by atoms with van der Waals surface area (Å²) in [4.78, 5) is 16.5. The van der Waals surface area contributed by atoms with Crippen LogP contribution in [-0.2, 0) is 11.3 Å². The van der Waals surface area contributed by atoms with Crippen LogP contribution >= 0.6 is 22.6 Å². The number of piperidine rings is 1. The first-order chi connectivity index (χ1) is 16.1. The van der Waals surface area contributed by atoms with E-state index in [0.29, 0.717) is 6.04 Å². The van der Waals surface area contributed by atoms with Crippen LogP contribution in [0.1, 0.15) is 39.2 Å². The Morgan fingerprint density at radius 3 is 2.53 bits per heavy atom. The van der Waals surface area contributed by atoms with E-state index in [2.05, 4.69) is 75.1 Å². The number of amides is 1. The maximum Gasteiger partial charge on any atom is 0.410 e. The molecule has 8 heteroatoms. The van der Waals surface area contributed by atoms with Crippen molar-refractivity contribution in [1.82, 2.24) is 20.0 Å². The summed E-state index contributed by atoms with van der Waals surface area (Å²) in [6.07, 6.45) is 1.65. The Labute approximate surface area is 214 Å². The van der Waals surface area contributed by atoms with Gasteiger partial charge in [0.25, 0.3) is 0 Å². The van der Waals surface area contributed by atoms with Gasteiger partial charge in [-0.2, -0.15) is 5.10 Å². The van der Waals surface area contributed by atoms with Gasteiger partial charge in [-0.05, 0) is 92.6 Å². The molecule has 182 valence electrons. The highest BCUT2D eigenvalue weighted by Crippen LogP contribution is 2.31. The van der Waals surface area contributed by atoms with Crippen LogP contribution in [0.5, 0.6) is 5.75 Å². The van der Waals surface area contributed by atoms with Gasteiger partial charge >= 0.3 is 6.09 Å². The lowest BCUT2D eigenvalue weighted by atomic mass is 10.00. The minimum absolute atomic E-state index is 0.214. The van der Waals surface area contributed by atoms with Gasteiger partial charge in [-0.3, -0.25) is 10.00 Å². The molecule has 1 aromatic heterocycles. The highest BCUT2D eigenvalue weighted by atomic mass is 127. The number of halogens is 1. The number of carbonyl (C=O) groups excluding carboxylic acids is 1. The molecule has 34 heavy (non-hydrogen) atoms. The number of hydrogen-bond acceptors (Lipinski definition) is 5. The van der Waals surface area contributed by atoms with Gasteiger partial charge in [0.2, 0.25) is 0 Å². The molecule has 0 saturated carbocycles. The van der Waals surface area contributed by atoms with Gasteiger partial charge in [0.15, 0.2) is 0 Å². The van der Waals surface area contributed by atoms with Crippen molar-refractivity contribution in [3.05, 3.63) is 45.7 Å². The fraction of sp³-hybridized carbons (Fsp3) is 0.462. The van der Waals surface area contributed by atoms with Gasteiger partial charge in [0, 0.05) is 36.6 Å². The number of aromatic amines is 1. The third-order valence-corrected chi connectivity index (χ3v) is 7.11. The highest BCUT2D eigenvalue weighted by Gasteiger charge is 2.28. The van der Waals surface area contributed by atoms with Crippen molar-refractivity contribution in [3.8, 4) is 16.9 Å². The molecule has 2 heterocycles. The molecule has 0 aliphatic carbocycles. The Hall–Kier alpha value is -2.33. The van der Waals surface area contributed by atoms with E-state index in [9.17, 15) is 4.79 Å². The van der Waals surface area contributed by atoms with Crippen molar-refractivity contribution in [2.45, 2.75) is 51.8 Å². The monoisotopic (exact) mass is 576 g/mol. The zero-order valence-corrected chi connectivity index (χ0v) is 22.7. The molecule has 0 radical (unpaired) electrons. The van der Waals surface area contributed by atoms with Crippen molar-refractivity contribution < 1.29 is 14.3 Å². The highest BCUT2D eigenvalue weighted by molar-refractivity contribution is 14.1. The summed E-state index contributed by atoms with van der Waals surface area (Å²) in [5.74, 6) is 0.887. The van der Waals surface area contributed by atoms with Crippen LogP contribution in [0.4, 0.5) is 4.79 Å². The van der Waals surface area contributed by atoms with E-state index >= 15 is 0 Å². The minimum atomic E-state index is -0.462. The first-order valence-corrected chi connectivity index (χ1v) is 12.7. The summed E-state index contributed by atoms with van der Waals surface area (Å²) in [5, 5.41) is 8.48. The number of hydrogen-bond donors (Lipinski definition) is 1. The Balaban J connectivity index is 1.41. The van der Waals surface area contributed by atoms with Crippen LogP contribution in [0, 0.1) is 3.70 Å². The standard InChI is InChI=1S/C26H33IN4O3/c1-26(2,3)34-25(32)31-12-10-20(11-13-31)30(4)16-19-7-6-18(15-23(19)33-5)17-8-9-22-21(14-17)24(27)29-28-22/h6-9,14-15,20H,10-13,16H2,1-5H3,(H,28,29). The summed E-state index contributed by atoms with van der Waals surface area (Å²) >= 11 is 2.28. The Morgan fingerprint density at radius 1 is 1.18 bits per heavy atom. The van der Waals surface area contributed by atoms with Crippen molar-refractivity contribution in [1.29, 1.82) is 0 Å². The minimum Gasteiger partial charge on any atom is -0.496 e. The lowest BCUT2D eigenvalue weighted by Gasteiger charge is -2.37. The molecule has 4 rings (SSSR count). The summed E-state index contributed by atoms with van der Waals surface area (Å²) in [7, 11) is 3.88. The number of methoxy groups -OCH3 is 1. The molecule has 1 N–H and O–H groups in total. The van der Waals surface area contributed by atoms with E-state index in [-0.39, 0.29) is 6.09 Å². The van der Waals surface area contributed by atoms with Crippen molar-refractivity contribution >= 4 is 39.6 Å². The smallest absolute Gasteiger partial charge is 0.410 e. The normalized spacial score (nSPS) is 15.2. The number of carbonyl (C=O) groups is 1. The number of benzene rings is 2. The van der Waals surface area contributed by atoms with Crippen molar-refractivity contribution in [3.63, 3.8) is 0 Å². The van der Waals surface area contributed by atoms with Gasteiger partial charge in [0.1, 0.15) is 15.1 Å². The summed E-state index contributed by atoms with van der Waals surface area (Å²) < 4.78 is 12.3. The molecular formula is C26H33IN4O3. The predicted molar refractivity (Wildman–Crippen MR) is 143 cm³/mol. The zero-order chi connectivity index (χ0) is 24.5. The van der Waals surface area contributed by atoms with E-state index < -0.39 is 5.60 Å². The average molecular weight is 576 g/mol. The summed E-state index contributed by atoms with van der Waals surface area (Å²) in [6.45, 7) is 7.94. The number of nitrogens with one attached hydrogen (secondary N) is 1.